The minimum atomic E-state index is 0.405. The number of fused-ring (bicyclic) bond motifs is 1. The van der Waals surface area contributed by atoms with Crippen LogP contribution < -0.4 is 10.9 Å². The second kappa shape index (κ2) is 2.34. The van der Waals surface area contributed by atoms with Crippen LogP contribution in [0.25, 0.3) is 10.9 Å². The zero-order valence-electron chi connectivity index (χ0n) is 7.18. The third-order valence-electron chi connectivity index (χ3n) is 2.27. The van der Waals surface area contributed by atoms with Crippen molar-refractivity contribution in [2.45, 2.75) is 0 Å². The first kappa shape index (κ1) is 7.34. The Bertz CT molecular complexity index is 436. The van der Waals surface area contributed by atoms with Crippen LogP contribution >= 0.6 is 0 Å². The lowest BCUT2D eigenvalue weighted by atomic mass is 9.83. The normalized spacial score (nSPS) is 10.7. The number of phenolic OH excluding ortho intramolecular Hbond substituents is 1. The lowest BCUT2D eigenvalue weighted by molar-refractivity contribution is 0.484. The summed E-state index contributed by atoms with van der Waals surface area (Å²) in [4.78, 5) is 3.12. The van der Waals surface area contributed by atoms with Gasteiger partial charge in [0.05, 0.1) is 0 Å². The Morgan fingerprint density at radius 2 is 2.08 bits per heavy atom. The molecule has 0 aliphatic heterocycles. The molecule has 0 fully saturated rings. The van der Waals surface area contributed by atoms with Crippen LogP contribution in [0.5, 0.6) is 5.75 Å². The predicted molar refractivity (Wildman–Crippen MR) is 56.3 cm³/mol. The lowest BCUT2D eigenvalue weighted by Crippen LogP contribution is -2.15. The molecule has 0 spiro atoms. The van der Waals surface area contributed by atoms with Crippen molar-refractivity contribution in [3.63, 3.8) is 0 Å². The molecule has 0 radical (unpaired) electrons. The third-order valence-corrected chi connectivity index (χ3v) is 2.27. The van der Waals surface area contributed by atoms with Crippen molar-refractivity contribution >= 4 is 37.5 Å². The quantitative estimate of drug-likeness (QED) is 0.443. The van der Waals surface area contributed by atoms with E-state index >= 15 is 0 Å². The number of aromatic nitrogens is 1. The molecule has 0 aliphatic rings. The van der Waals surface area contributed by atoms with Crippen LogP contribution in [0.4, 0.5) is 0 Å². The molecule has 2 nitrogen and oxygen atoms in total. The number of H-pyrrole nitrogens is 1. The Hall–Kier alpha value is -1.31. The molecule has 58 valence electrons. The highest BCUT2D eigenvalue weighted by atomic mass is 16.3. The van der Waals surface area contributed by atoms with Gasteiger partial charge < -0.3 is 10.1 Å². The topological polar surface area (TPSA) is 36.0 Å². The molecule has 2 N–H and O–H groups in total. The van der Waals surface area contributed by atoms with Gasteiger partial charge in [0.15, 0.2) is 0 Å². The Kier molecular flexibility index (Phi) is 1.43. The highest BCUT2D eigenvalue weighted by Gasteiger charge is 2.05. The number of benzene rings is 1. The van der Waals surface area contributed by atoms with E-state index in [4.69, 9.17) is 0 Å². The first-order chi connectivity index (χ1) is 5.70. The van der Waals surface area contributed by atoms with Crippen molar-refractivity contribution in [3.8, 4) is 5.75 Å². The molecule has 4 heteroatoms. The first-order valence-electron chi connectivity index (χ1n) is 3.96. The summed E-state index contributed by atoms with van der Waals surface area (Å²) in [5, 5.41) is 10.7. The summed E-state index contributed by atoms with van der Waals surface area (Å²) in [5.41, 5.74) is 2.96. The maximum Gasteiger partial charge on any atom is 0.145 e. The van der Waals surface area contributed by atoms with Crippen LogP contribution in [0.15, 0.2) is 18.3 Å². The van der Waals surface area contributed by atoms with E-state index in [-0.39, 0.29) is 0 Å². The van der Waals surface area contributed by atoms with Crippen molar-refractivity contribution in [1.29, 1.82) is 0 Å². The third kappa shape index (κ3) is 0.843. The average Bonchev–Trinajstić information content (AvgIpc) is 2.48. The minimum absolute atomic E-state index is 0.405. The van der Waals surface area contributed by atoms with Gasteiger partial charge in [-0.3, -0.25) is 0 Å². The van der Waals surface area contributed by atoms with Gasteiger partial charge in [0.25, 0.3) is 0 Å². The predicted octanol–water partition coefficient (Wildman–Crippen LogP) is -1.61. The summed E-state index contributed by atoms with van der Waals surface area (Å²) in [7, 11) is 3.83. The highest BCUT2D eigenvalue weighted by Crippen LogP contribution is 2.12. The molecule has 12 heavy (non-hydrogen) atoms. The molecule has 1 aromatic carbocycles. The fraction of sp³-hybridized carbons (Fsp3) is 0. The molecule has 0 aliphatic carbocycles. The average molecular weight is 157 g/mol. The standard InChI is InChI=1S/C8H9B2NO/c9-5-3-6-4(1-2-11-6)7(10)8(5)12/h1-3,11-12H,9-10H2. The minimum Gasteiger partial charge on any atom is -0.509 e. The first-order valence-corrected chi connectivity index (χ1v) is 3.96. The van der Waals surface area contributed by atoms with E-state index < -0.39 is 0 Å². The molecule has 1 heterocycles. The van der Waals surface area contributed by atoms with Gasteiger partial charge in [0, 0.05) is 11.7 Å². The summed E-state index contributed by atoms with van der Waals surface area (Å²) >= 11 is 0. The van der Waals surface area contributed by atoms with Crippen LogP contribution in [0.3, 0.4) is 0 Å². The number of rotatable bonds is 0. The van der Waals surface area contributed by atoms with Crippen LogP contribution in [0.2, 0.25) is 0 Å². The largest absolute Gasteiger partial charge is 0.509 e. The summed E-state index contributed by atoms with van der Waals surface area (Å²) < 4.78 is 0. The van der Waals surface area contributed by atoms with E-state index in [1.54, 1.807) is 0 Å². The lowest BCUT2D eigenvalue weighted by Gasteiger charge is -2.04. The van der Waals surface area contributed by atoms with Gasteiger partial charge in [-0.05, 0) is 28.4 Å². The Morgan fingerprint density at radius 3 is 2.83 bits per heavy atom. The van der Waals surface area contributed by atoms with Crippen LogP contribution in [-0.2, 0) is 0 Å². The second-order valence-electron chi connectivity index (χ2n) is 3.11. The highest BCUT2D eigenvalue weighted by molar-refractivity contribution is 6.46. The van der Waals surface area contributed by atoms with Crippen molar-refractivity contribution in [2.24, 2.45) is 0 Å². The smallest absolute Gasteiger partial charge is 0.145 e. The number of nitrogens with one attached hydrogen (secondary N) is 1. The monoisotopic (exact) mass is 157 g/mol. The van der Waals surface area contributed by atoms with Gasteiger partial charge in [-0.2, -0.15) is 0 Å². The number of aromatic hydroxyl groups is 1. The number of phenols is 1. The van der Waals surface area contributed by atoms with Gasteiger partial charge in [0.2, 0.25) is 0 Å². The van der Waals surface area contributed by atoms with Gasteiger partial charge in [-0.15, -0.1) is 0 Å². The zero-order valence-corrected chi connectivity index (χ0v) is 7.18. The fourth-order valence-electron chi connectivity index (χ4n) is 1.54. The molecule has 1 aromatic heterocycles. The van der Waals surface area contributed by atoms with Gasteiger partial charge >= 0.3 is 0 Å². The molecule has 0 bridgehead atoms. The Labute approximate surface area is 72.4 Å². The number of aromatic amines is 1. The summed E-state index contributed by atoms with van der Waals surface area (Å²) in [5.74, 6) is 0.405. The number of hydrogen-bond donors (Lipinski definition) is 2. The van der Waals surface area contributed by atoms with E-state index in [1.807, 2.05) is 34.0 Å². The molecule has 0 atom stereocenters. The van der Waals surface area contributed by atoms with Crippen LogP contribution in [0.1, 0.15) is 0 Å². The number of hydrogen-bond acceptors (Lipinski definition) is 1. The van der Waals surface area contributed by atoms with Gasteiger partial charge in [-0.25, -0.2) is 0 Å². The molecule has 0 saturated carbocycles. The Balaban J connectivity index is 2.94. The van der Waals surface area contributed by atoms with E-state index in [0.717, 1.165) is 21.8 Å². The van der Waals surface area contributed by atoms with E-state index in [9.17, 15) is 5.11 Å². The molecule has 2 aromatic rings. The van der Waals surface area contributed by atoms with E-state index in [0.29, 0.717) is 5.75 Å². The van der Waals surface area contributed by atoms with Crippen molar-refractivity contribution in [1.82, 2.24) is 4.98 Å². The molecule has 0 amide bonds. The molecular weight excluding hydrogens is 148 g/mol. The molecule has 0 saturated heterocycles. The maximum atomic E-state index is 9.61. The van der Waals surface area contributed by atoms with Gasteiger partial charge in [-0.1, -0.05) is 0 Å². The molecular formula is C8H9B2NO. The zero-order chi connectivity index (χ0) is 8.72. The van der Waals surface area contributed by atoms with Crippen LogP contribution in [-0.4, -0.2) is 25.8 Å². The summed E-state index contributed by atoms with van der Waals surface area (Å²) in [6, 6.07) is 3.93. The SMILES string of the molecule is Bc1cc2[nH]ccc2c(B)c1O. The molecule has 2 rings (SSSR count). The summed E-state index contributed by atoms with van der Waals surface area (Å²) in [6.07, 6.45) is 1.89. The van der Waals surface area contributed by atoms with Gasteiger partial charge in [0.1, 0.15) is 21.4 Å². The van der Waals surface area contributed by atoms with Crippen molar-refractivity contribution in [3.05, 3.63) is 18.3 Å². The van der Waals surface area contributed by atoms with Crippen LogP contribution in [0, 0.1) is 0 Å². The molecule has 0 unspecified atom stereocenters. The van der Waals surface area contributed by atoms with E-state index in [1.165, 1.54) is 0 Å². The second-order valence-corrected chi connectivity index (χ2v) is 3.11. The fourth-order valence-corrected chi connectivity index (χ4v) is 1.54. The van der Waals surface area contributed by atoms with Crippen molar-refractivity contribution < 1.29 is 5.11 Å². The summed E-state index contributed by atoms with van der Waals surface area (Å²) in [6.45, 7) is 0. The maximum absolute atomic E-state index is 9.61. The Morgan fingerprint density at radius 1 is 1.33 bits per heavy atom. The van der Waals surface area contributed by atoms with Crippen molar-refractivity contribution in [2.75, 3.05) is 0 Å². The van der Waals surface area contributed by atoms with E-state index in [2.05, 4.69) is 4.98 Å².